The van der Waals surface area contributed by atoms with Crippen molar-refractivity contribution >= 4 is 46.4 Å². The molecular formula is C9H9Cl4N. The normalized spacial score (nSPS) is 11.9. The molecule has 0 bridgehead atoms. The molecule has 14 heavy (non-hydrogen) atoms. The maximum absolute atomic E-state index is 6.02. The van der Waals surface area contributed by atoms with Crippen LogP contribution in [0, 0.1) is 0 Å². The van der Waals surface area contributed by atoms with Gasteiger partial charge in [0, 0.05) is 5.41 Å². The molecule has 0 saturated carbocycles. The van der Waals surface area contributed by atoms with Crippen molar-refractivity contribution in [3.8, 4) is 0 Å². The summed E-state index contributed by atoms with van der Waals surface area (Å²) in [7, 11) is 0. The molecule has 0 aliphatic heterocycles. The highest BCUT2D eigenvalue weighted by Crippen LogP contribution is 2.39. The lowest BCUT2D eigenvalue weighted by Crippen LogP contribution is -2.14. The number of halogens is 4. The van der Waals surface area contributed by atoms with E-state index in [0.29, 0.717) is 10.7 Å². The van der Waals surface area contributed by atoms with Gasteiger partial charge in [0.15, 0.2) is 0 Å². The van der Waals surface area contributed by atoms with E-state index in [9.17, 15) is 0 Å². The SMILES string of the molecule is CC(C)(C)c1nc(Cl)c(Cl)c(Cl)c1Cl. The van der Waals surface area contributed by atoms with E-state index in [4.69, 9.17) is 46.4 Å². The van der Waals surface area contributed by atoms with Gasteiger partial charge in [-0.15, -0.1) is 0 Å². The van der Waals surface area contributed by atoms with Gasteiger partial charge in [0.25, 0.3) is 0 Å². The van der Waals surface area contributed by atoms with Crippen LogP contribution in [0.2, 0.25) is 20.2 Å². The molecule has 0 aliphatic carbocycles. The Morgan fingerprint density at radius 2 is 1.36 bits per heavy atom. The Labute approximate surface area is 103 Å². The first-order chi connectivity index (χ1) is 6.25. The van der Waals surface area contributed by atoms with Gasteiger partial charge < -0.3 is 0 Å². The first-order valence-electron chi connectivity index (χ1n) is 3.95. The molecule has 78 valence electrons. The summed E-state index contributed by atoms with van der Waals surface area (Å²) in [5, 5.41) is 1.02. The fourth-order valence-electron chi connectivity index (χ4n) is 0.984. The van der Waals surface area contributed by atoms with Gasteiger partial charge in [-0.1, -0.05) is 67.2 Å². The van der Waals surface area contributed by atoms with Crippen LogP contribution < -0.4 is 0 Å². The van der Waals surface area contributed by atoms with Crippen molar-refractivity contribution in [2.75, 3.05) is 0 Å². The average Bonchev–Trinajstić information content (AvgIpc) is 2.06. The maximum Gasteiger partial charge on any atom is 0.149 e. The first-order valence-corrected chi connectivity index (χ1v) is 5.47. The van der Waals surface area contributed by atoms with Gasteiger partial charge in [0.05, 0.1) is 20.8 Å². The van der Waals surface area contributed by atoms with Crippen LogP contribution in [0.5, 0.6) is 0 Å². The van der Waals surface area contributed by atoms with Crippen LogP contribution in [0.4, 0.5) is 0 Å². The number of rotatable bonds is 0. The molecule has 0 spiro atoms. The molecule has 0 N–H and O–H groups in total. The molecular weight excluding hydrogens is 264 g/mol. The smallest absolute Gasteiger partial charge is 0.149 e. The summed E-state index contributed by atoms with van der Waals surface area (Å²) in [5.74, 6) is 0. The number of hydrogen-bond acceptors (Lipinski definition) is 1. The molecule has 0 amide bonds. The molecule has 0 aliphatic rings. The highest BCUT2D eigenvalue weighted by Gasteiger charge is 2.24. The van der Waals surface area contributed by atoms with Crippen LogP contribution in [-0.2, 0) is 5.41 Å². The highest BCUT2D eigenvalue weighted by molar-refractivity contribution is 6.51. The highest BCUT2D eigenvalue weighted by atomic mass is 35.5. The van der Waals surface area contributed by atoms with E-state index in [0.717, 1.165) is 0 Å². The number of aromatic nitrogens is 1. The summed E-state index contributed by atoms with van der Waals surface area (Å²) >= 11 is 23.5. The quantitative estimate of drug-likeness (QED) is 0.606. The first kappa shape index (κ1) is 12.4. The summed E-state index contributed by atoms with van der Waals surface area (Å²) < 4.78 is 0. The zero-order valence-electron chi connectivity index (χ0n) is 7.96. The summed E-state index contributed by atoms with van der Waals surface area (Å²) in [6, 6.07) is 0. The Bertz CT molecular complexity index is 368. The lowest BCUT2D eigenvalue weighted by atomic mass is 9.91. The Morgan fingerprint density at radius 1 is 0.857 bits per heavy atom. The van der Waals surface area contributed by atoms with E-state index in [1.54, 1.807) is 0 Å². The molecule has 0 radical (unpaired) electrons. The van der Waals surface area contributed by atoms with Crippen molar-refractivity contribution in [1.29, 1.82) is 0 Å². The second kappa shape index (κ2) is 4.05. The lowest BCUT2D eigenvalue weighted by molar-refractivity contribution is 0.569. The predicted molar refractivity (Wildman–Crippen MR) is 63.0 cm³/mol. The van der Waals surface area contributed by atoms with Gasteiger partial charge in [-0.3, -0.25) is 0 Å². The zero-order chi connectivity index (χ0) is 11.1. The van der Waals surface area contributed by atoms with Crippen LogP contribution in [0.1, 0.15) is 26.5 Å². The van der Waals surface area contributed by atoms with Crippen molar-refractivity contribution < 1.29 is 0 Å². The third-order valence-electron chi connectivity index (χ3n) is 1.69. The third kappa shape index (κ3) is 2.27. The summed E-state index contributed by atoms with van der Waals surface area (Å²) in [6.45, 7) is 5.92. The maximum atomic E-state index is 6.02. The second-order valence-electron chi connectivity index (χ2n) is 3.94. The van der Waals surface area contributed by atoms with E-state index in [1.165, 1.54) is 0 Å². The van der Waals surface area contributed by atoms with Crippen LogP contribution >= 0.6 is 46.4 Å². The largest absolute Gasteiger partial charge is 0.237 e. The molecule has 1 nitrogen and oxygen atoms in total. The minimum atomic E-state index is -0.213. The van der Waals surface area contributed by atoms with Crippen LogP contribution in [0.3, 0.4) is 0 Å². The average molecular weight is 273 g/mol. The minimum absolute atomic E-state index is 0.186. The Kier molecular flexibility index (Phi) is 3.58. The molecule has 0 atom stereocenters. The van der Waals surface area contributed by atoms with E-state index < -0.39 is 0 Å². The Morgan fingerprint density at radius 3 is 1.79 bits per heavy atom. The molecule has 1 heterocycles. The third-order valence-corrected chi connectivity index (χ3v) is 3.37. The van der Waals surface area contributed by atoms with Gasteiger partial charge in [-0.2, -0.15) is 0 Å². The lowest BCUT2D eigenvalue weighted by Gasteiger charge is -2.20. The fraction of sp³-hybridized carbons (Fsp3) is 0.444. The standard InChI is InChI=1S/C9H9Cl4N/c1-9(2,3)7-5(11)4(10)6(12)8(13)14-7/h1-3H3. The van der Waals surface area contributed by atoms with Crippen LogP contribution in [-0.4, -0.2) is 4.98 Å². The summed E-state index contributed by atoms with van der Waals surface area (Å²) in [5.41, 5.74) is 0.438. The summed E-state index contributed by atoms with van der Waals surface area (Å²) in [6.07, 6.45) is 0. The molecule has 5 heteroatoms. The molecule has 0 unspecified atom stereocenters. The second-order valence-corrected chi connectivity index (χ2v) is 5.44. The van der Waals surface area contributed by atoms with E-state index >= 15 is 0 Å². The van der Waals surface area contributed by atoms with E-state index in [-0.39, 0.29) is 20.6 Å². The number of pyridine rings is 1. The summed E-state index contributed by atoms with van der Waals surface area (Å²) in [4.78, 5) is 4.12. The molecule has 1 rings (SSSR count). The number of hydrogen-bond donors (Lipinski definition) is 0. The van der Waals surface area contributed by atoms with Gasteiger partial charge in [-0.05, 0) is 0 Å². The molecule has 1 aromatic rings. The van der Waals surface area contributed by atoms with Crippen LogP contribution in [0.25, 0.3) is 0 Å². The van der Waals surface area contributed by atoms with Gasteiger partial charge >= 0.3 is 0 Å². The molecule has 0 saturated heterocycles. The molecule has 0 aromatic carbocycles. The van der Waals surface area contributed by atoms with Gasteiger partial charge in [0.1, 0.15) is 5.15 Å². The minimum Gasteiger partial charge on any atom is -0.237 e. The Balaban J connectivity index is 3.49. The van der Waals surface area contributed by atoms with Crippen molar-refractivity contribution in [2.45, 2.75) is 26.2 Å². The zero-order valence-corrected chi connectivity index (χ0v) is 11.0. The molecule has 1 aromatic heterocycles. The van der Waals surface area contributed by atoms with Gasteiger partial charge in [-0.25, -0.2) is 4.98 Å². The predicted octanol–water partition coefficient (Wildman–Crippen LogP) is 4.99. The number of nitrogens with zero attached hydrogens (tertiary/aromatic N) is 1. The van der Waals surface area contributed by atoms with Gasteiger partial charge in [0.2, 0.25) is 0 Å². The van der Waals surface area contributed by atoms with E-state index in [1.807, 2.05) is 20.8 Å². The van der Waals surface area contributed by atoms with Crippen molar-refractivity contribution in [3.05, 3.63) is 25.9 Å². The van der Waals surface area contributed by atoms with E-state index in [2.05, 4.69) is 4.98 Å². The monoisotopic (exact) mass is 271 g/mol. The van der Waals surface area contributed by atoms with Crippen LogP contribution in [0.15, 0.2) is 0 Å². The topological polar surface area (TPSA) is 12.9 Å². The molecule has 0 fully saturated rings. The fourth-order valence-corrected chi connectivity index (χ4v) is 2.00. The van der Waals surface area contributed by atoms with Crippen molar-refractivity contribution in [1.82, 2.24) is 4.98 Å². The van der Waals surface area contributed by atoms with Crippen molar-refractivity contribution in [3.63, 3.8) is 0 Å². The Hall–Kier alpha value is 0.310. The van der Waals surface area contributed by atoms with Crippen molar-refractivity contribution in [2.24, 2.45) is 0 Å².